The topological polar surface area (TPSA) is 58.6 Å². The Hall–Kier alpha value is -3.05. The minimum Gasteiger partial charge on any atom is -0.460 e. The maximum Gasteiger partial charge on any atom is 0.337 e. The van der Waals surface area contributed by atoms with Crippen molar-refractivity contribution in [2.75, 3.05) is 18.0 Å². The van der Waals surface area contributed by atoms with Crippen LogP contribution in [0.2, 0.25) is 5.02 Å². The van der Waals surface area contributed by atoms with Gasteiger partial charge >= 0.3 is 5.97 Å². The SMILES string of the molecule is CCN(CC)c1ccc([C@H]2C(C(=O)OC(C)C)=C(C)NC3=C2C(=O)C[C@@H](c2ccc(Cl)cc2)C3)cc1. The molecule has 5 nitrogen and oxygen atoms in total. The average molecular weight is 507 g/mol. The second-order valence-electron chi connectivity index (χ2n) is 9.79. The zero-order chi connectivity index (χ0) is 26.0. The zero-order valence-electron chi connectivity index (χ0n) is 21.7. The van der Waals surface area contributed by atoms with Crippen LogP contribution in [0, 0.1) is 0 Å². The Morgan fingerprint density at radius 2 is 1.64 bits per heavy atom. The highest BCUT2D eigenvalue weighted by Crippen LogP contribution is 2.46. The second kappa shape index (κ2) is 10.9. The molecule has 0 spiro atoms. The summed E-state index contributed by atoms with van der Waals surface area (Å²) in [4.78, 5) is 29.3. The van der Waals surface area contributed by atoms with Crippen LogP contribution in [0.4, 0.5) is 5.69 Å². The Balaban J connectivity index is 1.77. The molecule has 0 aromatic heterocycles. The van der Waals surface area contributed by atoms with Gasteiger partial charge in [0.25, 0.3) is 0 Å². The predicted molar refractivity (Wildman–Crippen MR) is 145 cm³/mol. The Labute approximate surface area is 219 Å². The maximum absolute atomic E-state index is 13.7. The number of nitrogens with one attached hydrogen (secondary N) is 1. The number of halogens is 1. The lowest BCUT2D eigenvalue weighted by Crippen LogP contribution is -2.36. The van der Waals surface area contributed by atoms with Crippen LogP contribution in [0.15, 0.2) is 71.1 Å². The molecule has 4 rings (SSSR count). The second-order valence-corrected chi connectivity index (χ2v) is 10.2. The third-order valence-corrected chi connectivity index (χ3v) is 7.34. The lowest BCUT2D eigenvalue weighted by molar-refractivity contribution is -0.143. The van der Waals surface area contributed by atoms with Gasteiger partial charge in [-0.15, -0.1) is 0 Å². The van der Waals surface area contributed by atoms with Gasteiger partial charge in [-0.25, -0.2) is 4.79 Å². The lowest BCUT2D eigenvalue weighted by Gasteiger charge is -2.37. The highest BCUT2D eigenvalue weighted by Gasteiger charge is 2.41. The molecular weight excluding hydrogens is 472 g/mol. The average Bonchev–Trinajstić information content (AvgIpc) is 2.84. The Kier molecular flexibility index (Phi) is 7.89. The fourth-order valence-electron chi connectivity index (χ4n) is 5.36. The molecule has 2 aromatic rings. The highest BCUT2D eigenvalue weighted by molar-refractivity contribution is 6.30. The van der Waals surface area contributed by atoms with Gasteiger partial charge in [-0.1, -0.05) is 35.9 Å². The van der Waals surface area contributed by atoms with Gasteiger partial charge in [0.2, 0.25) is 0 Å². The molecule has 2 atom stereocenters. The van der Waals surface area contributed by atoms with Crippen molar-refractivity contribution in [3.63, 3.8) is 0 Å². The van der Waals surface area contributed by atoms with E-state index < -0.39 is 5.92 Å². The molecule has 0 saturated heterocycles. The van der Waals surface area contributed by atoms with E-state index in [9.17, 15) is 9.59 Å². The van der Waals surface area contributed by atoms with Gasteiger partial charge in [-0.3, -0.25) is 4.79 Å². The Morgan fingerprint density at radius 3 is 2.22 bits per heavy atom. The molecule has 2 aliphatic rings. The summed E-state index contributed by atoms with van der Waals surface area (Å²) in [6.45, 7) is 11.7. The van der Waals surface area contributed by atoms with Gasteiger partial charge in [0.1, 0.15) is 0 Å². The van der Waals surface area contributed by atoms with Crippen LogP contribution in [0.5, 0.6) is 0 Å². The molecule has 0 unspecified atom stereocenters. The largest absolute Gasteiger partial charge is 0.460 e. The van der Waals surface area contributed by atoms with Crippen LogP contribution in [-0.4, -0.2) is 30.9 Å². The first-order valence-corrected chi connectivity index (χ1v) is 13.2. The van der Waals surface area contributed by atoms with Crippen molar-refractivity contribution < 1.29 is 14.3 Å². The van der Waals surface area contributed by atoms with E-state index in [2.05, 4.69) is 36.2 Å². The van der Waals surface area contributed by atoms with Crippen molar-refractivity contribution in [2.45, 2.75) is 65.4 Å². The van der Waals surface area contributed by atoms with E-state index in [1.54, 1.807) is 0 Å². The van der Waals surface area contributed by atoms with E-state index in [1.165, 1.54) is 0 Å². The summed E-state index contributed by atoms with van der Waals surface area (Å²) in [6, 6.07) is 16.0. The van der Waals surface area contributed by atoms with Crippen LogP contribution < -0.4 is 10.2 Å². The van der Waals surface area contributed by atoms with Gasteiger partial charge in [0, 0.05) is 53.1 Å². The van der Waals surface area contributed by atoms with E-state index >= 15 is 0 Å². The van der Waals surface area contributed by atoms with E-state index in [0.29, 0.717) is 29.0 Å². The number of hydrogen-bond acceptors (Lipinski definition) is 5. The van der Waals surface area contributed by atoms with Crippen molar-refractivity contribution in [1.29, 1.82) is 0 Å². The number of hydrogen-bond donors (Lipinski definition) is 1. The number of ether oxygens (including phenoxy) is 1. The maximum atomic E-state index is 13.7. The summed E-state index contributed by atoms with van der Waals surface area (Å²) < 4.78 is 5.63. The van der Waals surface area contributed by atoms with Crippen molar-refractivity contribution >= 4 is 29.0 Å². The zero-order valence-corrected chi connectivity index (χ0v) is 22.5. The first-order chi connectivity index (χ1) is 17.2. The third-order valence-electron chi connectivity index (χ3n) is 7.09. The summed E-state index contributed by atoms with van der Waals surface area (Å²) in [7, 11) is 0. The van der Waals surface area contributed by atoms with Crippen LogP contribution in [0.1, 0.15) is 70.4 Å². The number of anilines is 1. The smallest absolute Gasteiger partial charge is 0.337 e. The summed E-state index contributed by atoms with van der Waals surface area (Å²) in [5, 5.41) is 4.09. The van der Waals surface area contributed by atoms with Gasteiger partial charge in [-0.05, 0) is 82.3 Å². The van der Waals surface area contributed by atoms with Crippen molar-refractivity contribution in [1.82, 2.24) is 5.32 Å². The molecule has 190 valence electrons. The Morgan fingerprint density at radius 1 is 1.03 bits per heavy atom. The van der Waals surface area contributed by atoms with Crippen molar-refractivity contribution in [2.24, 2.45) is 0 Å². The minimum absolute atomic E-state index is 0.0590. The summed E-state index contributed by atoms with van der Waals surface area (Å²) in [5.74, 6) is -0.726. The molecule has 36 heavy (non-hydrogen) atoms. The standard InChI is InChI=1S/C30H35ClN2O3/c1-6-33(7-2)24-14-10-21(11-15-24)28-27(30(35)36-18(3)4)19(5)32-25-16-22(17-26(34)29(25)28)20-8-12-23(31)13-9-20/h8-15,18,22,28,32H,6-7,16-17H2,1-5H3/t22-,28-/m0/s1. The van der Waals surface area contributed by atoms with Crippen LogP contribution >= 0.6 is 11.6 Å². The number of allylic oxidation sites excluding steroid dienone is 3. The number of carbonyl (C=O) groups excluding carboxylic acids is 2. The molecular formula is C30H35ClN2O3. The van der Waals surface area contributed by atoms with Gasteiger partial charge in [0.15, 0.2) is 5.78 Å². The number of dihydropyridines is 1. The first-order valence-electron chi connectivity index (χ1n) is 12.8. The highest BCUT2D eigenvalue weighted by atomic mass is 35.5. The fraction of sp³-hybridized carbons (Fsp3) is 0.400. The third kappa shape index (κ3) is 5.22. The minimum atomic E-state index is -0.461. The van der Waals surface area contributed by atoms with Gasteiger partial charge in [-0.2, -0.15) is 0 Å². The first kappa shape index (κ1) is 26.0. The summed E-state index contributed by atoms with van der Waals surface area (Å²) >= 11 is 6.09. The lowest BCUT2D eigenvalue weighted by atomic mass is 9.71. The fourth-order valence-corrected chi connectivity index (χ4v) is 5.48. The van der Waals surface area contributed by atoms with Crippen molar-refractivity contribution in [3.05, 3.63) is 87.2 Å². The molecule has 0 radical (unpaired) electrons. The summed E-state index contributed by atoms with van der Waals surface area (Å²) in [6.07, 6.45) is 0.831. The quantitative estimate of drug-likeness (QED) is 0.434. The molecule has 1 aliphatic carbocycles. The normalized spacial score (nSPS) is 19.8. The number of esters is 1. The molecule has 0 bridgehead atoms. The van der Waals surface area contributed by atoms with Crippen LogP contribution in [0.3, 0.4) is 0 Å². The molecule has 1 N–H and O–H groups in total. The predicted octanol–water partition coefficient (Wildman–Crippen LogP) is 6.50. The van der Waals surface area contributed by atoms with Crippen LogP contribution in [0.25, 0.3) is 0 Å². The number of benzene rings is 2. The number of nitrogens with zero attached hydrogens (tertiary/aromatic N) is 1. The molecule has 1 heterocycles. The molecule has 2 aromatic carbocycles. The number of carbonyl (C=O) groups is 2. The molecule has 6 heteroatoms. The molecule has 1 aliphatic heterocycles. The molecule has 0 saturated carbocycles. The van der Waals surface area contributed by atoms with E-state index in [4.69, 9.17) is 16.3 Å². The molecule has 0 fully saturated rings. The van der Waals surface area contributed by atoms with Gasteiger partial charge in [0.05, 0.1) is 11.7 Å². The molecule has 0 amide bonds. The van der Waals surface area contributed by atoms with Gasteiger partial charge < -0.3 is 15.0 Å². The summed E-state index contributed by atoms with van der Waals surface area (Å²) in [5.41, 5.74) is 5.95. The Bertz CT molecular complexity index is 1190. The monoisotopic (exact) mass is 506 g/mol. The van der Waals surface area contributed by atoms with E-state index in [1.807, 2.05) is 57.2 Å². The van der Waals surface area contributed by atoms with Crippen molar-refractivity contribution in [3.8, 4) is 0 Å². The van der Waals surface area contributed by atoms with E-state index in [0.717, 1.165) is 41.3 Å². The number of rotatable bonds is 7. The number of ketones is 1. The number of Topliss-reactive ketones (excluding diaryl/α,β-unsaturated/α-hetero) is 1. The van der Waals surface area contributed by atoms with Crippen LogP contribution in [-0.2, 0) is 14.3 Å². The van der Waals surface area contributed by atoms with E-state index in [-0.39, 0.29) is 23.8 Å².